The molecule has 58 valence electrons. The van der Waals surface area contributed by atoms with Crippen LogP contribution in [0.1, 0.15) is 0 Å². The Hall–Kier alpha value is 0.620. The molecule has 1 aromatic carbocycles. The average Bonchev–Trinajstić information content (AvgIpc) is 2.28. The van der Waals surface area contributed by atoms with Gasteiger partial charge in [0.1, 0.15) is 0 Å². The highest BCUT2D eigenvalue weighted by molar-refractivity contribution is 8.86. The fourth-order valence-electron chi connectivity index (χ4n) is 0.783. The lowest BCUT2D eigenvalue weighted by atomic mass is 10.4. The third-order valence-corrected chi connectivity index (χ3v) is 6.97. The van der Waals surface area contributed by atoms with E-state index in [1.807, 2.05) is 43.2 Å². The maximum atomic E-state index is 2.19. The average molecular weight is 218 g/mol. The molecule has 0 atom stereocenters. The number of benzene rings is 1. The third-order valence-electron chi connectivity index (χ3n) is 1.24. The van der Waals surface area contributed by atoms with E-state index in [4.69, 9.17) is 0 Å². The highest BCUT2D eigenvalue weighted by Gasteiger charge is 2.07. The van der Waals surface area contributed by atoms with Crippen molar-refractivity contribution in [1.82, 2.24) is 0 Å². The van der Waals surface area contributed by atoms with E-state index in [2.05, 4.69) is 24.3 Å². The van der Waals surface area contributed by atoms with Crippen molar-refractivity contribution in [2.45, 2.75) is 9.79 Å². The molecule has 0 saturated heterocycles. The Balaban J connectivity index is 2.33. The molecule has 0 bridgehead atoms. The molecule has 1 aliphatic rings. The lowest BCUT2D eigenvalue weighted by molar-refractivity contribution is 1.27. The Morgan fingerprint density at radius 2 is 1.45 bits per heavy atom. The standard InChI is InChI=1S/C7H6S4/c1-2-4-7-6(3-1)10-8-5-9-11-7/h1-4H,5H2. The highest BCUT2D eigenvalue weighted by Crippen LogP contribution is 2.48. The summed E-state index contributed by atoms with van der Waals surface area (Å²) in [5.74, 6) is 0. The van der Waals surface area contributed by atoms with Gasteiger partial charge in [0.25, 0.3) is 0 Å². The zero-order valence-corrected chi connectivity index (χ0v) is 8.92. The predicted molar refractivity (Wildman–Crippen MR) is 58.2 cm³/mol. The van der Waals surface area contributed by atoms with E-state index in [1.54, 1.807) is 0 Å². The molecule has 1 heterocycles. The summed E-state index contributed by atoms with van der Waals surface area (Å²) in [6.45, 7) is 0. The van der Waals surface area contributed by atoms with Crippen LogP contribution in [-0.2, 0) is 0 Å². The normalized spacial score (nSPS) is 17.1. The Labute approximate surface area is 82.1 Å². The topological polar surface area (TPSA) is 0 Å². The van der Waals surface area contributed by atoms with Crippen molar-refractivity contribution in [2.24, 2.45) is 0 Å². The van der Waals surface area contributed by atoms with Gasteiger partial charge < -0.3 is 0 Å². The molecule has 0 N–H and O–H groups in total. The van der Waals surface area contributed by atoms with E-state index in [0.29, 0.717) is 0 Å². The van der Waals surface area contributed by atoms with E-state index in [-0.39, 0.29) is 0 Å². The van der Waals surface area contributed by atoms with Crippen molar-refractivity contribution >= 4 is 43.2 Å². The number of fused-ring (bicyclic) bond motifs is 1. The summed E-state index contributed by atoms with van der Waals surface area (Å²) in [6, 6.07) is 8.57. The van der Waals surface area contributed by atoms with Gasteiger partial charge in [-0.3, -0.25) is 0 Å². The van der Waals surface area contributed by atoms with Crippen molar-refractivity contribution in [3.8, 4) is 0 Å². The first-order valence-electron chi connectivity index (χ1n) is 3.15. The van der Waals surface area contributed by atoms with E-state index >= 15 is 0 Å². The molecule has 0 nitrogen and oxygen atoms in total. The molecule has 11 heavy (non-hydrogen) atoms. The SMILES string of the molecule is c1ccc2c(c1)SSCSS2. The van der Waals surface area contributed by atoms with Gasteiger partial charge in [0.2, 0.25) is 0 Å². The van der Waals surface area contributed by atoms with Crippen molar-refractivity contribution in [1.29, 1.82) is 0 Å². The molecule has 0 saturated carbocycles. The van der Waals surface area contributed by atoms with Gasteiger partial charge in [-0.2, -0.15) is 0 Å². The van der Waals surface area contributed by atoms with Crippen molar-refractivity contribution in [3.63, 3.8) is 0 Å². The molecule has 0 unspecified atom stereocenters. The fourth-order valence-corrected chi connectivity index (χ4v) is 6.63. The molecule has 0 radical (unpaired) electrons. The van der Waals surface area contributed by atoms with E-state index in [1.165, 1.54) is 14.9 Å². The molecule has 0 spiro atoms. The molecular weight excluding hydrogens is 212 g/mol. The lowest BCUT2D eigenvalue weighted by Gasteiger charge is -1.99. The van der Waals surface area contributed by atoms with E-state index in [9.17, 15) is 0 Å². The van der Waals surface area contributed by atoms with E-state index < -0.39 is 0 Å². The summed E-state index contributed by atoms with van der Waals surface area (Å²) in [4.78, 5) is 2.82. The van der Waals surface area contributed by atoms with Gasteiger partial charge in [0, 0.05) is 9.79 Å². The maximum Gasteiger partial charge on any atom is 0.0606 e. The maximum absolute atomic E-state index is 2.19. The number of hydrogen-bond acceptors (Lipinski definition) is 4. The van der Waals surface area contributed by atoms with Gasteiger partial charge in [-0.1, -0.05) is 55.3 Å². The van der Waals surface area contributed by atoms with Crippen LogP contribution in [0.3, 0.4) is 0 Å². The van der Waals surface area contributed by atoms with E-state index in [0.717, 1.165) is 0 Å². The second-order valence-corrected chi connectivity index (χ2v) is 7.01. The Morgan fingerprint density at radius 3 is 2.00 bits per heavy atom. The van der Waals surface area contributed by atoms with Crippen LogP contribution in [0.15, 0.2) is 34.1 Å². The van der Waals surface area contributed by atoms with Crippen LogP contribution in [0.4, 0.5) is 0 Å². The number of rotatable bonds is 0. The summed E-state index contributed by atoms with van der Waals surface area (Å²) < 4.78 is 0. The first-order valence-corrected chi connectivity index (χ1v) is 7.78. The van der Waals surface area contributed by atoms with Crippen LogP contribution in [0.5, 0.6) is 0 Å². The molecule has 0 aliphatic carbocycles. The van der Waals surface area contributed by atoms with Crippen LogP contribution < -0.4 is 0 Å². The van der Waals surface area contributed by atoms with Gasteiger partial charge >= 0.3 is 0 Å². The quantitative estimate of drug-likeness (QED) is 0.600. The summed E-state index contributed by atoms with van der Waals surface area (Å²) >= 11 is 0. The second-order valence-electron chi connectivity index (χ2n) is 1.97. The Morgan fingerprint density at radius 1 is 0.909 bits per heavy atom. The monoisotopic (exact) mass is 218 g/mol. The first-order chi connectivity index (χ1) is 5.47. The molecule has 0 aromatic heterocycles. The zero-order valence-electron chi connectivity index (χ0n) is 5.65. The molecule has 4 heteroatoms. The molecule has 2 rings (SSSR count). The van der Waals surface area contributed by atoms with Gasteiger partial charge in [-0.25, -0.2) is 0 Å². The molecule has 0 amide bonds. The highest BCUT2D eigenvalue weighted by atomic mass is 33.1. The van der Waals surface area contributed by atoms with Crippen LogP contribution >= 0.6 is 43.2 Å². The Bertz CT molecular complexity index is 223. The first kappa shape index (κ1) is 8.23. The van der Waals surface area contributed by atoms with Crippen LogP contribution in [0, 0.1) is 0 Å². The van der Waals surface area contributed by atoms with Gasteiger partial charge in [0.15, 0.2) is 0 Å². The van der Waals surface area contributed by atoms with Crippen LogP contribution in [0.25, 0.3) is 0 Å². The summed E-state index contributed by atoms with van der Waals surface area (Å²) in [7, 11) is 7.60. The minimum atomic E-state index is 1.17. The zero-order chi connectivity index (χ0) is 7.52. The Kier molecular flexibility index (Phi) is 3.01. The molecule has 1 aromatic rings. The molecular formula is C7H6S4. The van der Waals surface area contributed by atoms with Gasteiger partial charge in [0.05, 0.1) is 5.08 Å². The lowest BCUT2D eigenvalue weighted by Crippen LogP contribution is -1.70. The van der Waals surface area contributed by atoms with Gasteiger partial charge in [-0.05, 0) is 12.1 Å². The third kappa shape index (κ3) is 2.05. The fraction of sp³-hybridized carbons (Fsp3) is 0.143. The smallest absolute Gasteiger partial charge is 0.0606 e. The van der Waals surface area contributed by atoms with Crippen molar-refractivity contribution in [3.05, 3.63) is 24.3 Å². The largest absolute Gasteiger partial charge is 0.0770 e. The van der Waals surface area contributed by atoms with Crippen molar-refractivity contribution < 1.29 is 0 Å². The summed E-state index contributed by atoms with van der Waals surface area (Å²) in [5, 5.41) is 1.17. The molecule has 0 fully saturated rings. The van der Waals surface area contributed by atoms with Crippen molar-refractivity contribution in [2.75, 3.05) is 5.08 Å². The van der Waals surface area contributed by atoms with Crippen LogP contribution in [-0.4, -0.2) is 5.08 Å². The second kappa shape index (κ2) is 4.03. The number of hydrogen-bond donors (Lipinski definition) is 0. The predicted octanol–water partition coefficient (Wildman–Crippen LogP) is 4.14. The minimum absolute atomic E-state index is 1.17. The minimum Gasteiger partial charge on any atom is -0.0770 e. The van der Waals surface area contributed by atoms with Crippen LogP contribution in [0.2, 0.25) is 0 Å². The summed E-state index contributed by atoms with van der Waals surface area (Å²) in [6.07, 6.45) is 0. The van der Waals surface area contributed by atoms with Gasteiger partial charge in [-0.15, -0.1) is 0 Å². The summed E-state index contributed by atoms with van der Waals surface area (Å²) in [5.41, 5.74) is 0. The molecule has 1 aliphatic heterocycles.